The van der Waals surface area contributed by atoms with Crippen LogP contribution in [0.2, 0.25) is 0 Å². The third kappa shape index (κ3) is 9.21. The van der Waals surface area contributed by atoms with Gasteiger partial charge in [0.2, 0.25) is 5.79 Å². The van der Waals surface area contributed by atoms with Crippen LogP contribution in [0, 0.1) is 23.7 Å². The van der Waals surface area contributed by atoms with Gasteiger partial charge in [0.25, 0.3) is 11.7 Å². The number of hydrogen-bond donors (Lipinski definition) is 4. The fraction of sp³-hybridized carbons (Fsp3) is 0.611. The zero-order chi connectivity index (χ0) is 34.0. The van der Waals surface area contributed by atoms with E-state index in [4.69, 9.17) is 4.74 Å². The number of carboxylic acids is 1. The van der Waals surface area contributed by atoms with Gasteiger partial charge >= 0.3 is 5.97 Å². The number of aliphatic carboxylic acids is 1. The van der Waals surface area contributed by atoms with Gasteiger partial charge in [-0.05, 0) is 62.5 Å². The van der Waals surface area contributed by atoms with Gasteiger partial charge in [0, 0.05) is 24.3 Å². The van der Waals surface area contributed by atoms with Crippen molar-refractivity contribution in [2.24, 2.45) is 23.7 Å². The van der Waals surface area contributed by atoms with Gasteiger partial charge in [0.15, 0.2) is 5.78 Å². The first-order valence-electron chi connectivity index (χ1n) is 16.6. The minimum absolute atomic E-state index is 0.0726. The van der Waals surface area contributed by atoms with Gasteiger partial charge < -0.3 is 30.1 Å². The van der Waals surface area contributed by atoms with Crippen molar-refractivity contribution in [3.05, 3.63) is 60.2 Å². The van der Waals surface area contributed by atoms with E-state index < -0.39 is 65.6 Å². The molecule has 2 saturated heterocycles. The number of allylic oxidation sites excluding steroid dienone is 3. The van der Waals surface area contributed by atoms with E-state index in [1.807, 2.05) is 43.3 Å². The number of ether oxygens (including phenoxy) is 1. The van der Waals surface area contributed by atoms with Crippen LogP contribution >= 0.6 is 0 Å². The smallest absolute Gasteiger partial charge is 0.326 e. The normalized spacial score (nSPS) is 27.2. The minimum Gasteiger partial charge on any atom is -0.480 e. The van der Waals surface area contributed by atoms with Gasteiger partial charge in [-0.2, -0.15) is 0 Å². The van der Waals surface area contributed by atoms with E-state index in [1.54, 1.807) is 32.9 Å². The highest BCUT2D eigenvalue weighted by Crippen LogP contribution is 2.38. The fourth-order valence-corrected chi connectivity index (χ4v) is 6.43. The molecule has 10 heteroatoms. The van der Waals surface area contributed by atoms with Crippen molar-refractivity contribution in [3.63, 3.8) is 0 Å². The van der Waals surface area contributed by atoms with Crippen molar-refractivity contribution in [3.8, 4) is 0 Å². The quantitative estimate of drug-likeness (QED) is 0.127. The Morgan fingerprint density at radius 2 is 1.74 bits per heavy atom. The molecular formula is C36H51NO9. The lowest BCUT2D eigenvalue weighted by molar-refractivity contribution is -0.274. The standard InChI is InChI=1S/C36H51NO9/c1-5-27(22-26-14-8-6-9-15-26)30(39)18-11-7-10-17-29(38)24(3)32(40)25(4)31-20-19-23(2)36(45,46-31)33(41)34(42)37-21-13-12-16-28(37)35(43)44/h6,8-11,14-15,17-18,23-25,27-28,30-32,39-40,45H,5,7,12-13,16,19-22H2,1-4H3,(H,43,44)/b17-10+,18-11+/t23-,24?,25?,27?,28+,30?,31+,32?,36-/m1/s1. The largest absolute Gasteiger partial charge is 0.480 e. The van der Waals surface area contributed by atoms with Crippen molar-refractivity contribution in [2.75, 3.05) is 6.54 Å². The summed E-state index contributed by atoms with van der Waals surface area (Å²) in [5.74, 6) is -8.43. The number of carbonyl (C=O) groups excluding carboxylic acids is 3. The lowest BCUT2D eigenvalue weighted by atomic mass is 9.80. The molecule has 2 aliphatic heterocycles. The number of amides is 1. The lowest BCUT2D eigenvalue weighted by Gasteiger charge is -2.44. The summed E-state index contributed by atoms with van der Waals surface area (Å²) in [7, 11) is 0. The van der Waals surface area contributed by atoms with Crippen LogP contribution in [-0.2, 0) is 30.3 Å². The first-order chi connectivity index (χ1) is 21.8. The molecular weight excluding hydrogens is 590 g/mol. The summed E-state index contributed by atoms with van der Waals surface area (Å²) in [6, 6.07) is 8.86. The zero-order valence-electron chi connectivity index (χ0n) is 27.5. The predicted octanol–water partition coefficient (Wildman–Crippen LogP) is 3.86. The van der Waals surface area contributed by atoms with Crippen molar-refractivity contribution >= 4 is 23.4 Å². The lowest BCUT2D eigenvalue weighted by Crippen LogP contribution is -2.61. The number of benzene rings is 1. The first kappa shape index (κ1) is 37.3. The van der Waals surface area contributed by atoms with Crippen molar-refractivity contribution < 1.29 is 44.3 Å². The van der Waals surface area contributed by atoms with Crippen LogP contribution in [0.25, 0.3) is 0 Å². The van der Waals surface area contributed by atoms with E-state index in [0.717, 1.165) is 17.7 Å². The SMILES string of the molecule is CCC(Cc1ccccc1)C(O)/C=C/C/C=C/C(=O)C(C)C(O)C(C)[C@@H]1CC[C@@H](C)[C@](O)(C(=O)C(=O)N2CCCC[C@H]2C(=O)O)O1. The molecule has 254 valence electrons. The number of carbonyl (C=O) groups is 4. The van der Waals surface area contributed by atoms with Gasteiger partial charge in [-0.1, -0.05) is 82.7 Å². The summed E-state index contributed by atoms with van der Waals surface area (Å²) >= 11 is 0. The summed E-state index contributed by atoms with van der Waals surface area (Å²) < 4.78 is 5.86. The average molecular weight is 642 g/mol. The highest BCUT2D eigenvalue weighted by Gasteiger charge is 2.53. The number of carboxylic acid groups (broad SMARTS) is 1. The number of Topliss-reactive ketones (excluding diaryl/α,β-unsaturated/α-hetero) is 1. The topological polar surface area (TPSA) is 162 Å². The maximum absolute atomic E-state index is 13.3. The summed E-state index contributed by atoms with van der Waals surface area (Å²) in [6.07, 6.45) is 8.13. The molecule has 0 aliphatic carbocycles. The molecule has 2 fully saturated rings. The monoisotopic (exact) mass is 641 g/mol. The molecule has 1 amide bonds. The molecule has 0 aromatic heterocycles. The Balaban J connectivity index is 1.56. The maximum atomic E-state index is 13.3. The van der Waals surface area contributed by atoms with Crippen LogP contribution < -0.4 is 0 Å². The minimum atomic E-state index is -2.48. The molecule has 2 aliphatic rings. The maximum Gasteiger partial charge on any atom is 0.326 e. The van der Waals surface area contributed by atoms with Crippen LogP contribution in [0.15, 0.2) is 54.6 Å². The molecule has 5 unspecified atom stereocenters. The number of aliphatic hydroxyl groups is 3. The second kappa shape index (κ2) is 17.1. The Morgan fingerprint density at radius 1 is 1.04 bits per heavy atom. The molecule has 1 aromatic carbocycles. The van der Waals surface area contributed by atoms with E-state index in [2.05, 4.69) is 0 Å². The van der Waals surface area contributed by atoms with Crippen molar-refractivity contribution in [1.82, 2.24) is 4.90 Å². The molecule has 4 N–H and O–H groups in total. The molecule has 9 atom stereocenters. The summed E-state index contributed by atoms with van der Waals surface area (Å²) in [4.78, 5) is 52.0. The van der Waals surface area contributed by atoms with E-state index >= 15 is 0 Å². The number of rotatable bonds is 15. The summed E-state index contributed by atoms with van der Waals surface area (Å²) in [6.45, 7) is 6.99. The van der Waals surface area contributed by atoms with Gasteiger partial charge in [-0.15, -0.1) is 0 Å². The van der Waals surface area contributed by atoms with Crippen LogP contribution in [0.1, 0.15) is 78.2 Å². The number of nitrogens with zero attached hydrogens (tertiary/aromatic N) is 1. The Labute approximate surface area is 272 Å². The van der Waals surface area contributed by atoms with Gasteiger partial charge in [0.05, 0.1) is 18.3 Å². The zero-order valence-corrected chi connectivity index (χ0v) is 27.5. The Kier molecular flexibility index (Phi) is 13.9. The van der Waals surface area contributed by atoms with E-state index in [9.17, 15) is 39.6 Å². The van der Waals surface area contributed by atoms with Crippen LogP contribution in [-0.4, -0.2) is 85.5 Å². The first-order valence-corrected chi connectivity index (χ1v) is 16.6. The van der Waals surface area contributed by atoms with E-state index in [-0.39, 0.29) is 24.7 Å². The second-order valence-corrected chi connectivity index (χ2v) is 13.0. The van der Waals surface area contributed by atoms with Crippen molar-refractivity contribution in [1.29, 1.82) is 0 Å². The number of aliphatic hydroxyl groups excluding tert-OH is 2. The second-order valence-electron chi connectivity index (χ2n) is 13.0. The molecule has 46 heavy (non-hydrogen) atoms. The third-order valence-electron chi connectivity index (χ3n) is 9.77. The van der Waals surface area contributed by atoms with Gasteiger partial charge in [-0.25, -0.2) is 4.79 Å². The molecule has 0 spiro atoms. The molecule has 0 radical (unpaired) electrons. The highest BCUT2D eigenvalue weighted by atomic mass is 16.6. The molecule has 0 bridgehead atoms. The molecule has 10 nitrogen and oxygen atoms in total. The summed E-state index contributed by atoms with van der Waals surface area (Å²) in [5, 5.41) is 42.6. The Morgan fingerprint density at radius 3 is 2.39 bits per heavy atom. The molecule has 3 rings (SSSR count). The number of hydrogen-bond acceptors (Lipinski definition) is 8. The predicted molar refractivity (Wildman–Crippen MR) is 172 cm³/mol. The van der Waals surface area contributed by atoms with Crippen LogP contribution in [0.5, 0.6) is 0 Å². The van der Waals surface area contributed by atoms with Gasteiger partial charge in [-0.3, -0.25) is 14.4 Å². The van der Waals surface area contributed by atoms with Crippen LogP contribution in [0.3, 0.4) is 0 Å². The van der Waals surface area contributed by atoms with Crippen molar-refractivity contribution in [2.45, 2.75) is 109 Å². The number of piperidine rings is 1. The molecule has 2 heterocycles. The number of likely N-dealkylation sites (tertiary alicyclic amines) is 1. The number of ketones is 2. The molecule has 0 saturated carbocycles. The Bertz CT molecular complexity index is 1250. The highest BCUT2D eigenvalue weighted by molar-refractivity contribution is 6.39. The fourth-order valence-electron chi connectivity index (χ4n) is 6.43. The average Bonchev–Trinajstić information content (AvgIpc) is 3.06. The molecule has 1 aromatic rings. The van der Waals surface area contributed by atoms with Gasteiger partial charge in [0.1, 0.15) is 6.04 Å². The third-order valence-corrected chi connectivity index (χ3v) is 9.77. The summed E-state index contributed by atoms with van der Waals surface area (Å²) in [5.41, 5.74) is 1.17. The van der Waals surface area contributed by atoms with Crippen LogP contribution in [0.4, 0.5) is 0 Å². The van der Waals surface area contributed by atoms with E-state index in [0.29, 0.717) is 32.1 Å². The Hall–Kier alpha value is -3.18. The van der Waals surface area contributed by atoms with E-state index in [1.165, 1.54) is 11.6 Å².